The van der Waals surface area contributed by atoms with Gasteiger partial charge < -0.3 is 13.9 Å². The molecule has 3 aromatic rings. The Hall–Kier alpha value is -2.08. The van der Waals surface area contributed by atoms with E-state index in [1.807, 2.05) is 12.1 Å². The van der Waals surface area contributed by atoms with E-state index in [1.165, 1.54) is 10.4 Å². The summed E-state index contributed by atoms with van der Waals surface area (Å²) in [5.41, 5.74) is 1.01. The molecule has 3 aromatic carbocycles. The van der Waals surface area contributed by atoms with Crippen LogP contribution in [0, 0.1) is 0 Å². The Labute approximate surface area is 189 Å². The first kappa shape index (κ1) is 22.6. The first-order valence-corrected chi connectivity index (χ1v) is 12.7. The number of hydrogen-bond donors (Lipinski definition) is 0. The molecule has 0 aliphatic carbocycles. The summed E-state index contributed by atoms with van der Waals surface area (Å²) in [6.07, 6.45) is 0. The van der Waals surface area contributed by atoms with E-state index in [0.29, 0.717) is 6.61 Å². The van der Waals surface area contributed by atoms with Crippen LogP contribution in [0.25, 0.3) is 0 Å². The van der Waals surface area contributed by atoms with Crippen molar-refractivity contribution in [2.75, 3.05) is 14.2 Å². The standard InChI is InChI=1S/C25H29BrO3Si/c1-25(2,3)30(20-12-8-6-9-13-20,21-14-10-7-11-15-21)29-18-19-16-22(27-4)24(26)23(17-19)28-5/h6-17H,18H2,1-5H3. The molecule has 0 aliphatic heterocycles. The summed E-state index contributed by atoms with van der Waals surface area (Å²) in [7, 11) is 0.724. The predicted molar refractivity (Wildman–Crippen MR) is 130 cm³/mol. The van der Waals surface area contributed by atoms with Crippen LogP contribution in [0.5, 0.6) is 11.5 Å². The first-order valence-electron chi connectivity index (χ1n) is 9.99. The molecule has 0 spiro atoms. The van der Waals surface area contributed by atoms with E-state index < -0.39 is 8.32 Å². The third kappa shape index (κ3) is 4.34. The van der Waals surface area contributed by atoms with Gasteiger partial charge >= 0.3 is 0 Å². The lowest BCUT2D eigenvalue weighted by Crippen LogP contribution is -2.66. The summed E-state index contributed by atoms with van der Waals surface area (Å²) >= 11 is 3.55. The minimum atomic E-state index is -2.59. The molecule has 0 N–H and O–H groups in total. The predicted octanol–water partition coefficient (Wildman–Crippen LogP) is 5.54. The lowest BCUT2D eigenvalue weighted by molar-refractivity contribution is 0.284. The van der Waals surface area contributed by atoms with Crippen LogP contribution in [0.2, 0.25) is 5.04 Å². The molecule has 3 rings (SSSR count). The smallest absolute Gasteiger partial charge is 0.261 e. The second-order valence-corrected chi connectivity index (χ2v) is 13.4. The average Bonchev–Trinajstić information content (AvgIpc) is 2.75. The highest BCUT2D eigenvalue weighted by molar-refractivity contribution is 9.10. The van der Waals surface area contributed by atoms with Gasteiger partial charge in [-0.25, -0.2) is 0 Å². The maximum Gasteiger partial charge on any atom is 0.261 e. The Morgan fingerprint density at radius 1 is 0.767 bits per heavy atom. The summed E-state index contributed by atoms with van der Waals surface area (Å²) in [5, 5.41) is 2.46. The van der Waals surface area contributed by atoms with Gasteiger partial charge in [0.15, 0.2) is 0 Å². The molecule has 0 amide bonds. The lowest BCUT2D eigenvalue weighted by Gasteiger charge is -2.43. The molecule has 0 aromatic heterocycles. The molecule has 3 nitrogen and oxygen atoms in total. The van der Waals surface area contributed by atoms with Crippen LogP contribution in [0.4, 0.5) is 0 Å². The number of benzene rings is 3. The topological polar surface area (TPSA) is 27.7 Å². The van der Waals surface area contributed by atoms with E-state index in [2.05, 4.69) is 97.4 Å². The van der Waals surface area contributed by atoms with Gasteiger partial charge in [-0.3, -0.25) is 0 Å². The number of methoxy groups -OCH3 is 2. The summed E-state index contributed by atoms with van der Waals surface area (Å²) < 4.78 is 18.9. The molecule has 0 aliphatic rings. The molecule has 0 saturated heterocycles. The minimum Gasteiger partial charge on any atom is -0.495 e. The van der Waals surface area contributed by atoms with Crippen molar-refractivity contribution in [2.24, 2.45) is 0 Å². The molecular formula is C25H29BrO3Si. The molecule has 5 heteroatoms. The Kier molecular flexibility index (Phi) is 7.06. The fourth-order valence-corrected chi connectivity index (χ4v) is 9.05. The zero-order valence-electron chi connectivity index (χ0n) is 18.2. The van der Waals surface area contributed by atoms with Gasteiger partial charge in [0.05, 0.1) is 20.8 Å². The molecule has 0 atom stereocenters. The molecule has 30 heavy (non-hydrogen) atoms. The monoisotopic (exact) mass is 484 g/mol. The maximum atomic E-state index is 7.00. The van der Waals surface area contributed by atoms with Gasteiger partial charge in [-0.15, -0.1) is 0 Å². The molecule has 0 bridgehead atoms. The second kappa shape index (κ2) is 9.37. The molecule has 0 radical (unpaired) electrons. The van der Waals surface area contributed by atoms with Crippen molar-refractivity contribution in [1.82, 2.24) is 0 Å². The summed E-state index contributed by atoms with van der Waals surface area (Å²) in [6.45, 7) is 7.30. The highest BCUT2D eigenvalue weighted by Gasteiger charge is 2.50. The number of rotatable bonds is 7. The van der Waals surface area contributed by atoms with E-state index in [-0.39, 0.29) is 5.04 Å². The van der Waals surface area contributed by atoms with Crippen LogP contribution >= 0.6 is 15.9 Å². The van der Waals surface area contributed by atoms with Gasteiger partial charge in [0.2, 0.25) is 0 Å². The van der Waals surface area contributed by atoms with Crippen molar-refractivity contribution in [2.45, 2.75) is 32.4 Å². The largest absolute Gasteiger partial charge is 0.495 e. The number of hydrogen-bond acceptors (Lipinski definition) is 3. The van der Waals surface area contributed by atoms with Crippen LogP contribution < -0.4 is 19.8 Å². The van der Waals surface area contributed by atoms with Crippen molar-refractivity contribution in [3.8, 4) is 11.5 Å². The first-order chi connectivity index (χ1) is 14.3. The van der Waals surface area contributed by atoms with Crippen molar-refractivity contribution >= 4 is 34.6 Å². The van der Waals surface area contributed by atoms with Crippen LogP contribution in [-0.2, 0) is 11.0 Å². The third-order valence-electron chi connectivity index (χ3n) is 5.38. The van der Waals surface area contributed by atoms with Crippen molar-refractivity contribution in [3.05, 3.63) is 82.8 Å². The van der Waals surface area contributed by atoms with E-state index in [1.54, 1.807) is 14.2 Å². The molecule has 0 unspecified atom stereocenters. The second-order valence-electron chi connectivity index (χ2n) is 8.27. The van der Waals surface area contributed by atoms with Crippen LogP contribution in [0.3, 0.4) is 0 Å². The Bertz CT molecular complexity index is 904. The van der Waals surface area contributed by atoms with E-state index in [4.69, 9.17) is 13.9 Å². The van der Waals surface area contributed by atoms with Crippen LogP contribution in [0.1, 0.15) is 26.3 Å². The average molecular weight is 485 g/mol. The molecular weight excluding hydrogens is 456 g/mol. The van der Waals surface area contributed by atoms with E-state index in [9.17, 15) is 0 Å². The molecule has 158 valence electrons. The summed E-state index contributed by atoms with van der Waals surface area (Å²) in [5.74, 6) is 1.46. The van der Waals surface area contributed by atoms with E-state index >= 15 is 0 Å². The van der Waals surface area contributed by atoms with Crippen LogP contribution in [0.15, 0.2) is 77.3 Å². The van der Waals surface area contributed by atoms with Crippen LogP contribution in [-0.4, -0.2) is 22.5 Å². The Balaban J connectivity index is 2.11. The zero-order valence-corrected chi connectivity index (χ0v) is 20.8. The molecule has 0 heterocycles. The van der Waals surface area contributed by atoms with Gasteiger partial charge in [-0.05, 0) is 49.0 Å². The lowest BCUT2D eigenvalue weighted by atomic mass is 10.2. The van der Waals surface area contributed by atoms with Crippen molar-refractivity contribution in [1.29, 1.82) is 0 Å². The van der Waals surface area contributed by atoms with Gasteiger partial charge in [-0.2, -0.15) is 0 Å². The normalized spacial score (nSPS) is 11.9. The van der Waals surface area contributed by atoms with Gasteiger partial charge in [0.25, 0.3) is 8.32 Å². The highest BCUT2D eigenvalue weighted by Crippen LogP contribution is 2.39. The SMILES string of the molecule is COc1cc(CO[Si](c2ccccc2)(c2ccccc2)C(C)(C)C)cc(OC)c1Br. The Morgan fingerprint density at radius 3 is 1.57 bits per heavy atom. The number of halogens is 1. The van der Waals surface area contributed by atoms with Gasteiger partial charge in [0.1, 0.15) is 16.0 Å². The fraction of sp³-hybridized carbons (Fsp3) is 0.280. The van der Waals surface area contributed by atoms with Crippen molar-refractivity contribution < 1.29 is 13.9 Å². The summed E-state index contributed by atoms with van der Waals surface area (Å²) in [6, 6.07) is 25.3. The maximum absolute atomic E-state index is 7.00. The Morgan fingerprint density at radius 2 is 1.20 bits per heavy atom. The highest BCUT2D eigenvalue weighted by atomic mass is 79.9. The zero-order chi connectivity index (χ0) is 21.8. The van der Waals surface area contributed by atoms with Gasteiger partial charge in [-0.1, -0.05) is 81.4 Å². The third-order valence-corrected chi connectivity index (χ3v) is 11.1. The quantitative estimate of drug-likeness (QED) is 0.411. The minimum absolute atomic E-state index is 0.0702. The fourth-order valence-electron chi connectivity index (χ4n) is 3.96. The summed E-state index contributed by atoms with van der Waals surface area (Å²) in [4.78, 5) is 0. The number of ether oxygens (including phenoxy) is 2. The molecule has 0 fully saturated rings. The molecule has 0 saturated carbocycles. The van der Waals surface area contributed by atoms with Crippen molar-refractivity contribution in [3.63, 3.8) is 0 Å². The van der Waals surface area contributed by atoms with Gasteiger partial charge in [0, 0.05) is 0 Å². The van der Waals surface area contributed by atoms with E-state index in [0.717, 1.165) is 21.5 Å².